The van der Waals surface area contributed by atoms with Crippen molar-refractivity contribution in [2.24, 2.45) is 5.92 Å². The van der Waals surface area contributed by atoms with E-state index < -0.39 is 23.8 Å². The number of aromatic nitrogens is 3. The number of carbonyl (C=O) groups is 1. The molecule has 2 heterocycles. The average molecular weight is 471 g/mol. The second-order valence-corrected chi connectivity index (χ2v) is 9.36. The fraction of sp³-hybridized carbons (Fsp3) is 0.333. The lowest BCUT2D eigenvalue weighted by Crippen LogP contribution is -2.36. The minimum atomic E-state index is -1.27. The van der Waals surface area contributed by atoms with Crippen molar-refractivity contribution in [2.75, 3.05) is 10.7 Å². The molecule has 1 aliphatic heterocycles. The minimum absolute atomic E-state index is 0.112. The first-order valence-corrected chi connectivity index (χ1v) is 11.6. The number of carbonyl (C=O) groups excluding carboxylic acids is 1. The second-order valence-electron chi connectivity index (χ2n) is 8.30. The molecule has 0 saturated heterocycles. The molecule has 0 bridgehead atoms. The van der Waals surface area contributed by atoms with Crippen molar-refractivity contribution in [1.82, 2.24) is 15.2 Å². The van der Waals surface area contributed by atoms with Gasteiger partial charge < -0.3 is 4.74 Å². The van der Waals surface area contributed by atoms with Crippen molar-refractivity contribution in [3.8, 4) is 17.1 Å². The topological polar surface area (TPSA) is 68.2 Å². The van der Waals surface area contributed by atoms with Crippen molar-refractivity contribution in [1.29, 1.82) is 0 Å². The lowest BCUT2D eigenvalue weighted by molar-refractivity contribution is -0.118. The number of amides is 1. The Labute approximate surface area is 195 Å². The van der Waals surface area contributed by atoms with Crippen molar-refractivity contribution in [3.05, 3.63) is 59.2 Å². The van der Waals surface area contributed by atoms with Crippen LogP contribution < -0.4 is 9.64 Å². The summed E-state index contributed by atoms with van der Waals surface area (Å²) < 4.78 is 35.1. The first kappa shape index (κ1) is 23.1. The predicted octanol–water partition coefficient (Wildman–Crippen LogP) is 5.71. The van der Waals surface area contributed by atoms with E-state index in [2.05, 4.69) is 29.0 Å². The summed E-state index contributed by atoms with van der Waals surface area (Å²) in [5.74, 6) is -1.07. The van der Waals surface area contributed by atoms with Crippen LogP contribution in [0.2, 0.25) is 0 Å². The summed E-state index contributed by atoms with van der Waals surface area (Å²) in [7, 11) is 0. The quantitative estimate of drug-likeness (QED) is 0.445. The van der Waals surface area contributed by atoms with Crippen LogP contribution in [-0.4, -0.2) is 26.8 Å². The van der Waals surface area contributed by atoms with Gasteiger partial charge >= 0.3 is 0 Å². The number of hydrogen-bond acceptors (Lipinski definition) is 6. The van der Waals surface area contributed by atoms with Gasteiger partial charge in [-0.2, -0.15) is 4.98 Å². The molecule has 4 rings (SSSR count). The zero-order valence-electron chi connectivity index (χ0n) is 18.8. The summed E-state index contributed by atoms with van der Waals surface area (Å²) in [6.07, 6.45) is -0.297. The number of anilines is 1. The molecule has 172 valence electrons. The minimum Gasteiger partial charge on any atom is -0.447 e. The van der Waals surface area contributed by atoms with E-state index in [0.717, 1.165) is 23.8 Å². The Bertz CT molecular complexity index is 1210. The highest BCUT2D eigenvalue weighted by Gasteiger charge is 2.36. The van der Waals surface area contributed by atoms with E-state index in [-0.39, 0.29) is 11.4 Å². The van der Waals surface area contributed by atoms with E-state index in [1.54, 1.807) is 6.07 Å². The molecule has 1 unspecified atom stereocenters. The molecule has 0 fully saturated rings. The molecule has 9 heteroatoms. The normalized spacial score (nSPS) is 15.0. The maximum absolute atomic E-state index is 14.8. The van der Waals surface area contributed by atoms with Gasteiger partial charge in [-0.05, 0) is 37.5 Å². The maximum atomic E-state index is 14.8. The number of hydrogen-bond donors (Lipinski definition) is 0. The van der Waals surface area contributed by atoms with Gasteiger partial charge in [0.15, 0.2) is 17.3 Å². The maximum Gasteiger partial charge on any atom is 0.247 e. The number of ether oxygens (including phenoxy) is 1. The molecule has 1 amide bonds. The lowest BCUT2D eigenvalue weighted by Gasteiger charge is -2.30. The van der Waals surface area contributed by atoms with Crippen LogP contribution in [0.15, 0.2) is 41.6 Å². The largest absolute Gasteiger partial charge is 0.447 e. The standard InChI is InChI=1S/C24H24F2N4O2S/c1-13(2)10-11-33-24-27-22-21(28-29-24)17-12-14(3)8-9-19(17)30(15(4)31)23(32-22)16-6-5-7-18(25)20(16)26/h5-9,12-13,23H,10-11H2,1-4H3. The van der Waals surface area contributed by atoms with Crippen molar-refractivity contribution >= 4 is 23.4 Å². The zero-order chi connectivity index (χ0) is 23.7. The molecule has 0 N–H and O–H groups in total. The zero-order valence-corrected chi connectivity index (χ0v) is 19.6. The van der Waals surface area contributed by atoms with Crippen molar-refractivity contribution in [3.63, 3.8) is 0 Å². The van der Waals surface area contributed by atoms with Crippen molar-refractivity contribution in [2.45, 2.75) is 45.5 Å². The van der Waals surface area contributed by atoms with Gasteiger partial charge in [0.05, 0.1) is 11.3 Å². The fourth-order valence-corrected chi connectivity index (χ4v) is 4.60. The highest BCUT2D eigenvalue weighted by molar-refractivity contribution is 7.99. The van der Waals surface area contributed by atoms with Gasteiger partial charge in [-0.25, -0.2) is 8.78 Å². The Balaban J connectivity index is 1.88. The van der Waals surface area contributed by atoms with Crippen LogP contribution >= 0.6 is 11.8 Å². The average Bonchev–Trinajstić information content (AvgIpc) is 2.89. The highest BCUT2D eigenvalue weighted by atomic mass is 32.2. The van der Waals surface area contributed by atoms with E-state index >= 15 is 0 Å². The van der Waals surface area contributed by atoms with Crippen LogP contribution in [0.3, 0.4) is 0 Å². The van der Waals surface area contributed by atoms with Crippen LogP contribution in [0.4, 0.5) is 14.5 Å². The molecule has 1 atom stereocenters. The van der Waals surface area contributed by atoms with Gasteiger partial charge in [-0.3, -0.25) is 9.69 Å². The summed E-state index contributed by atoms with van der Waals surface area (Å²) in [4.78, 5) is 18.6. The van der Waals surface area contributed by atoms with Crippen LogP contribution in [0.5, 0.6) is 5.88 Å². The summed E-state index contributed by atoms with van der Waals surface area (Å²) in [6.45, 7) is 7.52. The summed E-state index contributed by atoms with van der Waals surface area (Å²) in [5, 5.41) is 9.02. The lowest BCUT2D eigenvalue weighted by atomic mass is 10.0. The second kappa shape index (κ2) is 9.43. The van der Waals surface area contributed by atoms with Crippen LogP contribution in [0.25, 0.3) is 11.3 Å². The monoisotopic (exact) mass is 470 g/mol. The number of rotatable bonds is 5. The molecular formula is C24H24F2N4O2S. The molecule has 1 aliphatic rings. The Hall–Kier alpha value is -3.07. The predicted molar refractivity (Wildman–Crippen MR) is 123 cm³/mol. The van der Waals surface area contributed by atoms with Gasteiger partial charge in [-0.1, -0.05) is 49.4 Å². The molecular weight excluding hydrogens is 446 g/mol. The number of thioether (sulfide) groups is 1. The third kappa shape index (κ3) is 4.68. The molecule has 0 radical (unpaired) electrons. The van der Waals surface area contributed by atoms with Crippen LogP contribution in [0.1, 0.15) is 44.5 Å². The molecule has 0 spiro atoms. The van der Waals surface area contributed by atoms with E-state index in [9.17, 15) is 13.6 Å². The Kier molecular flexibility index (Phi) is 6.60. The SMILES string of the molecule is CC(=O)N1c2ccc(C)cc2-c2nnc(SCCC(C)C)nc2OC1c1cccc(F)c1F. The Morgan fingerprint density at radius 1 is 1.21 bits per heavy atom. The Morgan fingerprint density at radius 2 is 2.00 bits per heavy atom. The Morgan fingerprint density at radius 3 is 2.73 bits per heavy atom. The molecule has 0 aliphatic carbocycles. The van der Waals surface area contributed by atoms with Crippen molar-refractivity contribution < 1.29 is 18.3 Å². The first-order valence-electron chi connectivity index (χ1n) is 10.6. The van der Waals surface area contributed by atoms with Gasteiger partial charge in [0.25, 0.3) is 0 Å². The molecule has 6 nitrogen and oxygen atoms in total. The van der Waals surface area contributed by atoms with Crippen LogP contribution in [-0.2, 0) is 4.79 Å². The van der Waals surface area contributed by atoms with E-state index in [4.69, 9.17) is 4.74 Å². The van der Waals surface area contributed by atoms with Gasteiger partial charge in [0, 0.05) is 18.2 Å². The smallest absolute Gasteiger partial charge is 0.247 e. The molecule has 1 aromatic heterocycles. The number of benzene rings is 2. The molecule has 33 heavy (non-hydrogen) atoms. The fourth-order valence-electron chi connectivity index (χ4n) is 3.58. The molecule has 0 saturated carbocycles. The van der Waals surface area contributed by atoms with Gasteiger partial charge in [0.2, 0.25) is 23.2 Å². The summed E-state index contributed by atoms with van der Waals surface area (Å²) in [6, 6.07) is 9.21. The number of aryl methyl sites for hydroxylation is 1. The number of nitrogens with zero attached hydrogens (tertiary/aromatic N) is 4. The summed E-state index contributed by atoms with van der Waals surface area (Å²) in [5.41, 5.74) is 2.19. The van der Waals surface area contributed by atoms with E-state index in [1.807, 2.05) is 19.1 Å². The highest BCUT2D eigenvalue weighted by Crippen LogP contribution is 2.44. The van der Waals surface area contributed by atoms with Crippen LogP contribution in [0, 0.1) is 24.5 Å². The first-order chi connectivity index (χ1) is 15.8. The van der Waals surface area contributed by atoms with Gasteiger partial charge in [0.1, 0.15) is 0 Å². The van der Waals surface area contributed by atoms with E-state index in [1.165, 1.54) is 35.7 Å². The van der Waals surface area contributed by atoms with E-state index in [0.29, 0.717) is 28.0 Å². The summed E-state index contributed by atoms with van der Waals surface area (Å²) >= 11 is 1.44. The third-order valence-corrected chi connectivity index (χ3v) is 6.14. The molecule has 2 aromatic carbocycles. The number of halogens is 2. The molecule has 3 aromatic rings. The number of fused-ring (bicyclic) bond motifs is 3. The van der Waals surface area contributed by atoms with Gasteiger partial charge in [-0.15, -0.1) is 10.2 Å². The third-order valence-electron chi connectivity index (χ3n) is 5.27.